The number of nitrogens with two attached hydrogens (primary N) is 1. The third-order valence-corrected chi connectivity index (χ3v) is 2.58. The van der Waals surface area contributed by atoms with Gasteiger partial charge in [-0.25, -0.2) is 0 Å². The van der Waals surface area contributed by atoms with Gasteiger partial charge in [-0.15, -0.1) is 0 Å². The second kappa shape index (κ2) is 4.87. The van der Waals surface area contributed by atoms with Gasteiger partial charge in [0.05, 0.1) is 5.56 Å². The lowest BCUT2D eigenvalue weighted by Gasteiger charge is -2.16. The maximum Gasteiger partial charge on any atom is 0.416 e. The molecule has 0 saturated carbocycles. The summed E-state index contributed by atoms with van der Waals surface area (Å²) in [6.07, 6.45) is -3.81. The Morgan fingerprint density at radius 1 is 1.25 bits per heavy atom. The number of benzene rings is 1. The Labute approximate surface area is 93.5 Å². The van der Waals surface area contributed by atoms with E-state index in [0.29, 0.717) is 12.0 Å². The quantitative estimate of drug-likeness (QED) is 0.849. The minimum atomic E-state index is -4.28. The van der Waals surface area contributed by atoms with E-state index in [1.54, 1.807) is 6.07 Å². The second-order valence-electron chi connectivity index (χ2n) is 4.31. The van der Waals surface area contributed by atoms with Crippen molar-refractivity contribution in [1.29, 1.82) is 0 Å². The van der Waals surface area contributed by atoms with Crippen molar-refractivity contribution in [2.45, 2.75) is 32.5 Å². The zero-order valence-corrected chi connectivity index (χ0v) is 9.38. The second-order valence-corrected chi connectivity index (χ2v) is 4.31. The monoisotopic (exact) mass is 231 g/mol. The Hall–Kier alpha value is -1.03. The van der Waals surface area contributed by atoms with E-state index < -0.39 is 11.7 Å². The number of hydrogen-bond donors (Lipinski definition) is 1. The van der Waals surface area contributed by atoms with Crippen molar-refractivity contribution in [3.63, 3.8) is 0 Å². The molecule has 0 radical (unpaired) electrons. The van der Waals surface area contributed by atoms with Crippen LogP contribution < -0.4 is 5.73 Å². The minimum Gasteiger partial charge on any atom is -0.327 e. The molecule has 0 aromatic heterocycles. The lowest BCUT2D eigenvalue weighted by molar-refractivity contribution is -0.137. The Morgan fingerprint density at radius 2 is 1.88 bits per heavy atom. The lowest BCUT2D eigenvalue weighted by atomic mass is 9.96. The molecule has 4 heteroatoms. The third kappa shape index (κ3) is 3.52. The molecule has 1 atom stereocenters. The third-order valence-electron chi connectivity index (χ3n) is 2.58. The first-order chi connectivity index (χ1) is 7.30. The van der Waals surface area contributed by atoms with Crippen LogP contribution in [0.15, 0.2) is 24.3 Å². The van der Waals surface area contributed by atoms with Crippen LogP contribution in [0.4, 0.5) is 13.2 Å². The van der Waals surface area contributed by atoms with Crippen LogP contribution in [0.25, 0.3) is 0 Å². The lowest BCUT2D eigenvalue weighted by Crippen LogP contribution is -2.28. The van der Waals surface area contributed by atoms with Crippen molar-refractivity contribution < 1.29 is 13.2 Å². The summed E-state index contributed by atoms with van der Waals surface area (Å²) in [5.41, 5.74) is 5.85. The van der Waals surface area contributed by atoms with Crippen molar-refractivity contribution in [2.75, 3.05) is 0 Å². The standard InChI is InChI=1S/C12H16F3N/c1-8(2)11(16)7-9-4-3-5-10(6-9)12(13,14)15/h3-6,8,11H,7,16H2,1-2H3/t11-/m1/s1. The van der Waals surface area contributed by atoms with Crippen molar-refractivity contribution in [3.05, 3.63) is 35.4 Å². The van der Waals surface area contributed by atoms with Gasteiger partial charge >= 0.3 is 6.18 Å². The largest absolute Gasteiger partial charge is 0.416 e. The number of rotatable bonds is 3. The van der Waals surface area contributed by atoms with Crippen LogP contribution in [0.1, 0.15) is 25.0 Å². The fourth-order valence-electron chi connectivity index (χ4n) is 1.38. The highest BCUT2D eigenvalue weighted by Gasteiger charge is 2.30. The summed E-state index contributed by atoms with van der Waals surface area (Å²) < 4.78 is 37.3. The molecule has 0 fully saturated rings. The molecule has 1 nitrogen and oxygen atoms in total. The van der Waals surface area contributed by atoms with E-state index in [4.69, 9.17) is 5.73 Å². The summed E-state index contributed by atoms with van der Waals surface area (Å²) in [6.45, 7) is 3.91. The van der Waals surface area contributed by atoms with E-state index in [0.717, 1.165) is 6.07 Å². The average molecular weight is 231 g/mol. The van der Waals surface area contributed by atoms with Crippen LogP contribution in [-0.2, 0) is 12.6 Å². The zero-order chi connectivity index (χ0) is 12.3. The van der Waals surface area contributed by atoms with Gasteiger partial charge in [-0.1, -0.05) is 32.0 Å². The Bertz CT molecular complexity index is 344. The molecule has 0 saturated heterocycles. The smallest absolute Gasteiger partial charge is 0.327 e. The molecule has 0 aliphatic rings. The topological polar surface area (TPSA) is 26.0 Å². The van der Waals surface area contributed by atoms with E-state index in [2.05, 4.69) is 0 Å². The molecule has 90 valence electrons. The average Bonchev–Trinajstić information content (AvgIpc) is 2.16. The van der Waals surface area contributed by atoms with Gasteiger partial charge in [0.15, 0.2) is 0 Å². The number of hydrogen-bond acceptors (Lipinski definition) is 1. The van der Waals surface area contributed by atoms with Gasteiger partial charge in [-0.3, -0.25) is 0 Å². The molecular weight excluding hydrogens is 215 g/mol. The van der Waals surface area contributed by atoms with Crippen molar-refractivity contribution in [3.8, 4) is 0 Å². The van der Waals surface area contributed by atoms with Gasteiger partial charge in [0, 0.05) is 6.04 Å². The summed E-state index contributed by atoms with van der Waals surface area (Å²) in [5.74, 6) is 0.259. The van der Waals surface area contributed by atoms with Crippen molar-refractivity contribution in [2.24, 2.45) is 11.7 Å². The molecule has 0 bridgehead atoms. The molecule has 0 aliphatic carbocycles. The molecule has 1 rings (SSSR count). The van der Waals surface area contributed by atoms with Crippen LogP contribution >= 0.6 is 0 Å². The van der Waals surface area contributed by atoms with E-state index >= 15 is 0 Å². The Balaban J connectivity index is 2.83. The molecule has 0 aliphatic heterocycles. The van der Waals surface area contributed by atoms with Crippen molar-refractivity contribution >= 4 is 0 Å². The fourth-order valence-corrected chi connectivity index (χ4v) is 1.38. The first-order valence-corrected chi connectivity index (χ1v) is 5.22. The van der Waals surface area contributed by atoms with E-state index in [1.165, 1.54) is 12.1 Å². The number of alkyl halides is 3. The minimum absolute atomic E-state index is 0.108. The van der Waals surface area contributed by atoms with Crippen LogP contribution in [0.3, 0.4) is 0 Å². The predicted molar refractivity (Wildman–Crippen MR) is 58.0 cm³/mol. The molecule has 0 amide bonds. The molecule has 1 aromatic carbocycles. The van der Waals surface area contributed by atoms with E-state index in [9.17, 15) is 13.2 Å². The highest BCUT2D eigenvalue weighted by molar-refractivity contribution is 5.26. The maximum atomic E-state index is 12.4. The number of halogens is 3. The van der Waals surface area contributed by atoms with Crippen LogP contribution in [0.2, 0.25) is 0 Å². The SMILES string of the molecule is CC(C)[C@H](N)Cc1cccc(C(F)(F)F)c1. The van der Waals surface area contributed by atoms with Crippen molar-refractivity contribution in [1.82, 2.24) is 0 Å². The highest BCUT2D eigenvalue weighted by atomic mass is 19.4. The van der Waals surface area contributed by atoms with Crippen LogP contribution in [0, 0.1) is 5.92 Å². The summed E-state index contributed by atoms with van der Waals surface area (Å²) >= 11 is 0. The van der Waals surface area contributed by atoms with Gasteiger partial charge in [0.25, 0.3) is 0 Å². The Kier molecular flexibility index (Phi) is 3.97. The predicted octanol–water partition coefficient (Wildman–Crippen LogP) is 3.23. The molecule has 1 aromatic rings. The van der Waals surface area contributed by atoms with Gasteiger partial charge in [0.2, 0.25) is 0 Å². The van der Waals surface area contributed by atoms with Gasteiger partial charge in [-0.05, 0) is 24.0 Å². The highest BCUT2D eigenvalue weighted by Crippen LogP contribution is 2.29. The molecule has 16 heavy (non-hydrogen) atoms. The van der Waals surface area contributed by atoms with Gasteiger partial charge in [-0.2, -0.15) is 13.2 Å². The summed E-state index contributed by atoms with van der Waals surface area (Å²) in [7, 11) is 0. The molecule has 0 spiro atoms. The normalized spacial score (nSPS) is 14.2. The molecule has 0 unspecified atom stereocenters. The summed E-state index contributed by atoms with van der Waals surface area (Å²) in [5, 5.41) is 0. The zero-order valence-electron chi connectivity index (χ0n) is 9.38. The van der Waals surface area contributed by atoms with E-state index in [1.807, 2.05) is 13.8 Å². The first-order valence-electron chi connectivity index (χ1n) is 5.22. The summed E-state index contributed by atoms with van der Waals surface area (Å²) in [6, 6.07) is 5.23. The molecule has 2 N–H and O–H groups in total. The van der Waals surface area contributed by atoms with E-state index in [-0.39, 0.29) is 12.0 Å². The van der Waals surface area contributed by atoms with Crippen LogP contribution in [-0.4, -0.2) is 6.04 Å². The van der Waals surface area contributed by atoms with Crippen LogP contribution in [0.5, 0.6) is 0 Å². The molecular formula is C12H16F3N. The summed E-state index contributed by atoms with van der Waals surface area (Å²) in [4.78, 5) is 0. The maximum absolute atomic E-state index is 12.4. The molecule has 0 heterocycles. The Morgan fingerprint density at radius 3 is 2.38 bits per heavy atom. The van der Waals surface area contributed by atoms with Gasteiger partial charge < -0.3 is 5.73 Å². The first kappa shape index (κ1) is 13.0. The van der Waals surface area contributed by atoms with Gasteiger partial charge in [0.1, 0.15) is 0 Å². The fraction of sp³-hybridized carbons (Fsp3) is 0.500.